The monoisotopic (exact) mass is 307 g/mol. The van der Waals surface area contributed by atoms with Crippen molar-refractivity contribution in [3.63, 3.8) is 0 Å². The first-order chi connectivity index (χ1) is 10.9. The van der Waals surface area contributed by atoms with Gasteiger partial charge in [-0.05, 0) is 46.9 Å². The molecule has 2 aromatic rings. The molecule has 2 bridgehead atoms. The number of carbonyl (C=O) groups is 1. The van der Waals surface area contributed by atoms with E-state index in [9.17, 15) is 4.79 Å². The largest absolute Gasteiger partial charge is 0.335 e. The van der Waals surface area contributed by atoms with E-state index in [1.165, 1.54) is 6.42 Å². The fourth-order valence-electron chi connectivity index (χ4n) is 5.26. The number of amides is 1. The van der Waals surface area contributed by atoms with E-state index in [1.807, 2.05) is 24.3 Å². The second kappa shape index (κ2) is 4.83. The van der Waals surface area contributed by atoms with Crippen molar-refractivity contribution in [3.05, 3.63) is 48.0 Å². The third-order valence-corrected chi connectivity index (χ3v) is 5.70. The van der Waals surface area contributed by atoms with Crippen LogP contribution in [0.25, 0.3) is 10.8 Å². The third-order valence-electron chi connectivity index (χ3n) is 5.70. The Kier molecular flexibility index (Phi) is 3.10. The van der Waals surface area contributed by atoms with Crippen molar-refractivity contribution in [2.24, 2.45) is 10.8 Å². The summed E-state index contributed by atoms with van der Waals surface area (Å²) in [7, 11) is 0. The summed E-state index contributed by atoms with van der Waals surface area (Å²) >= 11 is 0. The first-order valence-corrected chi connectivity index (χ1v) is 8.66. The smallest absolute Gasteiger partial charge is 0.254 e. The molecule has 0 radical (unpaired) electrons. The molecule has 1 saturated heterocycles. The first-order valence-electron chi connectivity index (χ1n) is 8.66. The van der Waals surface area contributed by atoms with Gasteiger partial charge in [-0.15, -0.1) is 0 Å². The minimum Gasteiger partial charge on any atom is -0.335 e. The lowest BCUT2D eigenvalue weighted by atomic mass is 9.65. The summed E-state index contributed by atoms with van der Waals surface area (Å²) in [5, 5.41) is 2.22. The second-order valence-corrected chi connectivity index (χ2v) is 8.67. The maximum Gasteiger partial charge on any atom is 0.254 e. The lowest BCUT2D eigenvalue weighted by Crippen LogP contribution is -2.37. The predicted octanol–water partition coefficient (Wildman–Crippen LogP) is 4.88. The van der Waals surface area contributed by atoms with Crippen molar-refractivity contribution in [3.8, 4) is 0 Å². The third kappa shape index (κ3) is 2.45. The van der Waals surface area contributed by atoms with Crippen molar-refractivity contribution in [1.29, 1.82) is 0 Å². The Bertz CT molecular complexity index is 773. The van der Waals surface area contributed by atoms with Crippen LogP contribution in [-0.2, 0) is 0 Å². The van der Waals surface area contributed by atoms with E-state index in [2.05, 4.69) is 43.9 Å². The molecule has 2 heteroatoms. The zero-order valence-corrected chi connectivity index (χ0v) is 14.3. The zero-order chi connectivity index (χ0) is 16.2. The summed E-state index contributed by atoms with van der Waals surface area (Å²) in [6.45, 7) is 7.97. The maximum atomic E-state index is 13.3. The molecule has 0 unspecified atom stereocenters. The molecule has 1 saturated carbocycles. The van der Waals surface area contributed by atoms with Gasteiger partial charge < -0.3 is 4.90 Å². The van der Waals surface area contributed by atoms with Crippen LogP contribution >= 0.6 is 0 Å². The SMILES string of the molecule is CC1(C)C[C@@H]2C[C@@](C)(CN2C(=O)c2cccc3ccccc23)C1. The molecule has 1 amide bonds. The topological polar surface area (TPSA) is 20.3 Å². The van der Waals surface area contributed by atoms with Crippen LogP contribution in [-0.4, -0.2) is 23.4 Å². The van der Waals surface area contributed by atoms with Gasteiger partial charge >= 0.3 is 0 Å². The maximum absolute atomic E-state index is 13.3. The molecule has 2 nitrogen and oxygen atoms in total. The van der Waals surface area contributed by atoms with Gasteiger partial charge in [-0.1, -0.05) is 57.2 Å². The van der Waals surface area contributed by atoms with Crippen molar-refractivity contribution in [2.45, 2.75) is 46.1 Å². The Morgan fingerprint density at radius 3 is 2.61 bits per heavy atom. The van der Waals surface area contributed by atoms with Crippen LogP contribution in [0.15, 0.2) is 42.5 Å². The molecular weight excluding hydrogens is 282 g/mol. The quantitative estimate of drug-likeness (QED) is 0.735. The molecule has 2 atom stereocenters. The van der Waals surface area contributed by atoms with Gasteiger partial charge in [0.2, 0.25) is 0 Å². The van der Waals surface area contributed by atoms with E-state index >= 15 is 0 Å². The fraction of sp³-hybridized carbons (Fsp3) is 0.476. The number of hydrogen-bond acceptors (Lipinski definition) is 1. The van der Waals surface area contributed by atoms with Gasteiger partial charge in [0.1, 0.15) is 0 Å². The molecule has 23 heavy (non-hydrogen) atoms. The number of rotatable bonds is 1. The van der Waals surface area contributed by atoms with Crippen LogP contribution in [0.4, 0.5) is 0 Å². The molecule has 1 aliphatic heterocycles. The Labute approximate surface area is 138 Å². The molecule has 0 spiro atoms. The van der Waals surface area contributed by atoms with Gasteiger partial charge in [0.25, 0.3) is 5.91 Å². The molecule has 120 valence electrons. The highest BCUT2D eigenvalue weighted by Gasteiger charge is 2.51. The number of carbonyl (C=O) groups excluding carboxylic acids is 1. The van der Waals surface area contributed by atoms with Gasteiger partial charge in [-0.3, -0.25) is 4.79 Å². The predicted molar refractivity (Wildman–Crippen MR) is 94.5 cm³/mol. The average molecular weight is 307 g/mol. The molecule has 2 aromatic carbocycles. The fourth-order valence-corrected chi connectivity index (χ4v) is 5.26. The molecule has 2 fully saturated rings. The number of benzene rings is 2. The number of nitrogens with zero attached hydrogens (tertiary/aromatic N) is 1. The Morgan fingerprint density at radius 2 is 1.78 bits per heavy atom. The molecule has 0 N–H and O–H groups in total. The molecule has 1 aliphatic carbocycles. The van der Waals surface area contributed by atoms with Gasteiger partial charge in [0, 0.05) is 18.2 Å². The van der Waals surface area contributed by atoms with Crippen molar-refractivity contribution in [1.82, 2.24) is 4.90 Å². The van der Waals surface area contributed by atoms with Crippen LogP contribution in [0.5, 0.6) is 0 Å². The van der Waals surface area contributed by atoms with E-state index in [0.29, 0.717) is 11.5 Å². The van der Waals surface area contributed by atoms with Crippen LogP contribution < -0.4 is 0 Å². The van der Waals surface area contributed by atoms with E-state index in [0.717, 1.165) is 35.7 Å². The summed E-state index contributed by atoms with van der Waals surface area (Å²) in [6.07, 6.45) is 3.50. The van der Waals surface area contributed by atoms with E-state index in [4.69, 9.17) is 0 Å². The van der Waals surface area contributed by atoms with Crippen molar-refractivity contribution < 1.29 is 4.79 Å². The Morgan fingerprint density at radius 1 is 1.04 bits per heavy atom. The van der Waals surface area contributed by atoms with E-state index < -0.39 is 0 Å². The highest BCUT2D eigenvalue weighted by Crippen LogP contribution is 2.52. The molecule has 0 aromatic heterocycles. The highest BCUT2D eigenvalue weighted by molar-refractivity contribution is 6.07. The Hall–Kier alpha value is -1.83. The number of hydrogen-bond donors (Lipinski definition) is 0. The molecule has 2 aliphatic rings. The van der Waals surface area contributed by atoms with Crippen molar-refractivity contribution >= 4 is 16.7 Å². The summed E-state index contributed by atoms with van der Waals surface area (Å²) in [4.78, 5) is 15.4. The lowest BCUT2D eigenvalue weighted by Gasteiger charge is -2.39. The second-order valence-electron chi connectivity index (χ2n) is 8.67. The summed E-state index contributed by atoms with van der Waals surface area (Å²) in [6, 6.07) is 14.7. The first kappa shape index (κ1) is 14.7. The Balaban J connectivity index is 1.72. The van der Waals surface area contributed by atoms with Crippen molar-refractivity contribution in [2.75, 3.05) is 6.54 Å². The molecule has 4 rings (SSSR count). The van der Waals surface area contributed by atoms with E-state index in [-0.39, 0.29) is 11.3 Å². The molecular formula is C21H25NO. The van der Waals surface area contributed by atoms with Gasteiger partial charge in [0.05, 0.1) is 0 Å². The summed E-state index contributed by atoms with van der Waals surface area (Å²) in [5.74, 6) is 0.216. The average Bonchev–Trinajstić information content (AvgIpc) is 2.75. The standard InChI is InChI=1S/C21H25NO/c1-20(2)11-16-12-21(3,13-20)14-22(16)19(23)18-10-6-8-15-7-4-5-9-17(15)18/h4-10,16H,11-14H2,1-3H3/t16-,21-/m1/s1. The van der Waals surface area contributed by atoms with Gasteiger partial charge in [-0.2, -0.15) is 0 Å². The number of likely N-dealkylation sites (tertiary alicyclic amines) is 1. The minimum atomic E-state index is 0.216. The minimum absolute atomic E-state index is 0.216. The van der Waals surface area contributed by atoms with Crippen LogP contribution in [0.3, 0.4) is 0 Å². The van der Waals surface area contributed by atoms with Crippen LogP contribution in [0.1, 0.15) is 50.4 Å². The molecule has 1 heterocycles. The zero-order valence-electron chi connectivity index (χ0n) is 14.3. The normalized spacial score (nSPS) is 29.0. The lowest BCUT2D eigenvalue weighted by molar-refractivity contribution is 0.0710. The van der Waals surface area contributed by atoms with Crippen LogP contribution in [0.2, 0.25) is 0 Å². The number of fused-ring (bicyclic) bond motifs is 3. The van der Waals surface area contributed by atoms with Gasteiger partial charge in [-0.25, -0.2) is 0 Å². The van der Waals surface area contributed by atoms with E-state index in [1.54, 1.807) is 0 Å². The summed E-state index contributed by atoms with van der Waals surface area (Å²) in [5.41, 5.74) is 1.48. The van der Waals surface area contributed by atoms with Gasteiger partial charge in [0.15, 0.2) is 0 Å². The van der Waals surface area contributed by atoms with Crippen LogP contribution in [0, 0.1) is 10.8 Å². The highest BCUT2D eigenvalue weighted by atomic mass is 16.2. The summed E-state index contributed by atoms with van der Waals surface area (Å²) < 4.78 is 0.